The van der Waals surface area contributed by atoms with Crippen LogP contribution in [0.15, 0.2) is 0 Å². The van der Waals surface area contributed by atoms with Gasteiger partial charge in [0.15, 0.2) is 0 Å². The van der Waals surface area contributed by atoms with Crippen molar-refractivity contribution in [3.63, 3.8) is 0 Å². The van der Waals surface area contributed by atoms with E-state index in [9.17, 15) is 4.79 Å². The van der Waals surface area contributed by atoms with Crippen LogP contribution < -0.4 is 0 Å². The minimum absolute atomic E-state index is 0.140. The van der Waals surface area contributed by atoms with Crippen molar-refractivity contribution in [1.29, 1.82) is 0 Å². The van der Waals surface area contributed by atoms with Crippen LogP contribution in [0.5, 0.6) is 0 Å². The molecule has 0 aliphatic carbocycles. The molecule has 0 aliphatic heterocycles. The second-order valence-electron chi connectivity index (χ2n) is 2.85. The summed E-state index contributed by atoms with van der Waals surface area (Å²) in [5.41, 5.74) is -2.31. The highest BCUT2D eigenvalue weighted by molar-refractivity contribution is 8.68. The predicted molar refractivity (Wildman–Crippen MR) is 69.9 cm³/mol. The summed E-state index contributed by atoms with van der Waals surface area (Å²) in [6.45, 7) is 8.52. The number of Topliss-reactive ketones (excluding diaryl/α,β-unsaturated/α-hetero) is 1. The van der Waals surface area contributed by atoms with Gasteiger partial charge >= 0.3 is 0 Å². The zero-order valence-electron chi connectivity index (χ0n) is 9.69. The SMILES string of the molecule is CCOP(=S)(OCC)SC(C)C(=O)CC. The van der Waals surface area contributed by atoms with Crippen molar-refractivity contribution in [1.82, 2.24) is 0 Å². The summed E-state index contributed by atoms with van der Waals surface area (Å²) in [6, 6.07) is 0. The fourth-order valence-corrected chi connectivity index (χ4v) is 6.76. The highest BCUT2D eigenvalue weighted by atomic mass is 32.9. The molecule has 0 saturated carbocycles. The average Bonchev–Trinajstić information content (AvgIpc) is 2.16. The molecule has 0 radical (unpaired) electrons. The first-order valence-electron chi connectivity index (χ1n) is 5.09. The number of rotatable bonds is 8. The van der Waals surface area contributed by atoms with Gasteiger partial charge in [0, 0.05) is 6.42 Å². The molecule has 0 saturated heterocycles. The van der Waals surface area contributed by atoms with Gasteiger partial charge in [-0.25, -0.2) is 0 Å². The van der Waals surface area contributed by atoms with E-state index in [4.69, 9.17) is 20.9 Å². The van der Waals surface area contributed by atoms with Gasteiger partial charge in [0.2, 0.25) is 5.69 Å². The standard InChI is InChI=1S/C9H19O3PS2/c1-5-9(10)8(4)15-13(14,11-6-2)12-7-3/h8H,5-7H2,1-4H3. The summed E-state index contributed by atoms with van der Waals surface area (Å²) in [5, 5.41) is -0.140. The number of carbonyl (C=O) groups is 1. The lowest BCUT2D eigenvalue weighted by Gasteiger charge is -2.22. The Balaban J connectivity index is 4.40. The molecule has 1 atom stereocenters. The van der Waals surface area contributed by atoms with Crippen LogP contribution in [0.2, 0.25) is 0 Å². The molecule has 0 rings (SSSR count). The van der Waals surface area contributed by atoms with Crippen molar-refractivity contribution >= 4 is 34.7 Å². The van der Waals surface area contributed by atoms with Crippen molar-refractivity contribution in [2.75, 3.05) is 13.2 Å². The molecule has 0 aromatic heterocycles. The number of hydrogen-bond acceptors (Lipinski definition) is 5. The van der Waals surface area contributed by atoms with Gasteiger partial charge in [-0.15, -0.1) is 0 Å². The summed E-state index contributed by atoms with van der Waals surface area (Å²) in [6.07, 6.45) is 0.530. The minimum Gasteiger partial charge on any atom is -0.322 e. The molecule has 0 aromatic rings. The van der Waals surface area contributed by atoms with E-state index in [1.54, 1.807) is 0 Å². The van der Waals surface area contributed by atoms with Crippen LogP contribution in [0.25, 0.3) is 0 Å². The monoisotopic (exact) mass is 270 g/mol. The van der Waals surface area contributed by atoms with Crippen LogP contribution in [0.3, 0.4) is 0 Å². The average molecular weight is 270 g/mol. The molecule has 15 heavy (non-hydrogen) atoms. The molecule has 0 spiro atoms. The maximum atomic E-state index is 11.4. The van der Waals surface area contributed by atoms with Gasteiger partial charge in [-0.1, -0.05) is 18.3 Å². The molecule has 90 valence electrons. The first kappa shape index (κ1) is 15.6. The molecule has 0 aliphatic rings. The van der Waals surface area contributed by atoms with Gasteiger partial charge in [0.05, 0.1) is 18.5 Å². The highest BCUT2D eigenvalue weighted by Crippen LogP contribution is 2.62. The second-order valence-corrected chi connectivity index (χ2v) is 9.39. The molecule has 0 amide bonds. The molecule has 0 heterocycles. The van der Waals surface area contributed by atoms with Gasteiger partial charge in [-0.3, -0.25) is 4.79 Å². The fourth-order valence-electron chi connectivity index (χ4n) is 0.954. The lowest BCUT2D eigenvalue weighted by Crippen LogP contribution is -2.12. The van der Waals surface area contributed by atoms with E-state index in [-0.39, 0.29) is 11.0 Å². The predicted octanol–water partition coefficient (Wildman–Crippen LogP) is 3.38. The van der Waals surface area contributed by atoms with Crippen LogP contribution in [0.4, 0.5) is 0 Å². The summed E-state index contributed by atoms with van der Waals surface area (Å²) >= 11 is 6.68. The van der Waals surface area contributed by atoms with Crippen molar-refractivity contribution in [2.24, 2.45) is 0 Å². The van der Waals surface area contributed by atoms with Crippen molar-refractivity contribution < 1.29 is 13.8 Å². The lowest BCUT2D eigenvalue weighted by molar-refractivity contribution is -0.117. The minimum atomic E-state index is -2.31. The summed E-state index contributed by atoms with van der Waals surface area (Å²) in [4.78, 5) is 11.4. The summed E-state index contributed by atoms with van der Waals surface area (Å²) < 4.78 is 10.9. The fraction of sp³-hybridized carbons (Fsp3) is 0.889. The maximum absolute atomic E-state index is 11.4. The van der Waals surface area contributed by atoms with Crippen LogP contribution >= 0.6 is 17.1 Å². The van der Waals surface area contributed by atoms with Crippen LogP contribution in [-0.4, -0.2) is 24.2 Å². The third-order valence-electron chi connectivity index (χ3n) is 1.66. The molecular formula is C9H19O3PS2. The van der Waals surface area contributed by atoms with E-state index < -0.39 is 5.69 Å². The molecule has 1 unspecified atom stereocenters. The summed E-state index contributed by atoms with van der Waals surface area (Å²) in [7, 11) is 0. The quantitative estimate of drug-likeness (QED) is 0.632. The van der Waals surface area contributed by atoms with Crippen LogP contribution in [-0.2, 0) is 25.6 Å². The Bertz CT molecular complexity index is 236. The van der Waals surface area contributed by atoms with E-state index in [0.29, 0.717) is 19.6 Å². The third-order valence-corrected chi connectivity index (χ3v) is 7.41. The zero-order valence-corrected chi connectivity index (χ0v) is 12.2. The van der Waals surface area contributed by atoms with Gasteiger partial charge in [-0.2, -0.15) is 0 Å². The third kappa shape index (κ3) is 6.03. The van der Waals surface area contributed by atoms with Crippen LogP contribution in [0, 0.1) is 0 Å². The molecule has 0 fully saturated rings. The molecule has 0 aromatic carbocycles. The molecular weight excluding hydrogens is 251 g/mol. The first-order valence-corrected chi connectivity index (χ1v) is 9.21. The smallest absolute Gasteiger partial charge is 0.248 e. The summed E-state index contributed by atoms with van der Waals surface area (Å²) in [5.74, 6) is 0.189. The molecule has 6 heteroatoms. The maximum Gasteiger partial charge on any atom is 0.248 e. The van der Waals surface area contributed by atoms with Gasteiger partial charge in [-0.05, 0) is 32.6 Å². The topological polar surface area (TPSA) is 35.5 Å². The Kier molecular flexibility index (Phi) is 8.10. The van der Waals surface area contributed by atoms with E-state index >= 15 is 0 Å². The van der Waals surface area contributed by atoms with E-state index in [1.807, 2.05) is 27.7 Å². The first-order chi connectivity index (χ1) is 6.99. The van der Waals surface area contributed by atoms with Gasteiger partial charge in [0.1, 0.15) is 5.78 Å². The Morgan fingerprint density at radius 1 is 1.33 bits per heavy atom. The number of carbonyl (C=O) groups excluding carboxylic acids is 1. The van der Waals surface area contributed by atoms with Crippen molar-refractivity contribution in [3.8, 4) is 0 Å². The lowest BCUT2D eigenvalue weighted by atomic mass is 10.2. The largest absolute Gasteiger partial charge is 0.322 e. The highest BCUT2D eigenvalue weighted by Gasteiger charge is 2.25. The van der Waals surface area contributed by atoms with E-state index in [1.165, 1.54) is 11.4 Å². The normalized spacial score (nSPS) is 13.9. The Morgan fingerprint density at radius 2 is 1.80 bits per heavy atom. The Morgan fingerprint density at radius 3 is 2.13 bits per heavy atom. The van der Waals surface area contributed by atoms with Gasteiger partial charge < -0.3 is 9.05 Å². The van der Waals surface area contributed by atoms with Crippen LogP contribution in [0.1, 0.15) is 34.1 Å². The van der Waals surface area contributed by atoms with Crippen molar-refractivity contribution in [2.45, 2.75) is 39.4 Å². The Hall–Kier alpha value is 0.590. The zero-order chi connectivity index (χ0) is 11.9. The number of ketones is 1. The second kappa shape index (κ2) is 7.80. The van der Waals surface area contributed by atoms with Gasteiger partial charge in [0.25, 0.3) is 0 Å². The van der Waals surface area contributed by atoms with Crippen molar-refractivity contribution in [3.05, 3.63) is 0 Å². The van der Waals surface area contributed by atoms with E-state index in [2.05, 4.69) is 0 Å². The molecule has 3 nitrogen and oxygen atoms in total. The Labute approximate surface area is 101 Å². The molecule has 0 bridgehead atoms. The number of hydrogen-bond donors (Lipinski definition) is 0. The molecule has 0 N–H and O–H groups in total. The van der Waals surface area contributed by atoms with E-state index in [0.717, 1.165) is 0 Å².